The number of para-hydroxylation sites is 1. The normalized spacial score (nSPS) is 11.4. The fourth-order valence-electron chi connectivity index (χ4n) is 1.48. The summed E-state index contributed by atoms with van der Waals surface area (Å²) in [6.45, 7) is 7.13. The van der Waals surface area contributed by atoms with Crippen LogP contribution in [0.3, 0.4) is 0 Å². The lowest BCUT2D eigenvalue weighted by Crippen LogP contribution is -2.35. The van der Waals surface area contributed by atoms with Gasteiger partial charge in [-0.3, -0.25) is 0 Å². The maximum atomic E-state index is 5.66. The third kappa shape index (κ3) is 4.72. The van der Waals surface area contributed by atoms with E-state index in [1.807, 2.05) is 24.3 Å². The van der Waals surface area contributed by atoms with Crippen molar-refractivity contribution in [1.82, 2.24) is 15.3 Å². The van der Waals surface area contributed by atoms with Crippen LogP contribution in [0.2, 0.25) is 0 Å². The van der Waals surface area contributed by atoms with E-state index in [4.69, 9.17) is 4.74 Å². The number of hydrogen-bond donors (Lipinski definition) is 1. The van der Waals surface area contributed by atoms with E-state index in [0.29, 0.717) is 6.01 Å². The molecule has 0 saturated heterocycles. The predicted octanol–water partition coefficient (Wildman–Crippen LogP) is 3.76. The van der Waals surface area contributed by atoms with Crippen LogP contribution in [0, 0.1) is 3.57 Å². The van der Waals surface area contributed by atoms with Crippen molar-refractivity contribution in [3.8, 4) is 11.8 Å². The third-order valence-corrected chi connectivity index (χ3v) is 3.43. The largest absolute Gasteiger partial charge is 0.423 e. The molecule has 2 aromatic rings. The Morgan fingerprint density at radius 3 is 2.40 bits per heavy atom. The van der Waals surface area contributed by atoms with Gasteiger partial charge in [-0.25, -0.2) is 9.97 Å². The Balaban J connectivity index is 2.00. The summed E-state index contributed by atoms with van der Waals surface area (Å²) in [6, 6.07) is 8.15. The first-order valence-electron chi connectivity index (χ1n) is 6.42. The lowest BCUT2D eigenvalue weighted by atomic mass is 10.1. The Labute approximate surface area is 133 Å². The van der Waals surface area contributed by atoms with Gasteiger partial charge in [-0.1, -0.05) is 12.1 Å². The van der Waals surface area contributed by atoms with Crippen molar-refractivity contribution >= 4 is 22.6 Å². The predicted molar refractivity (Wildman–Crippen MR) is 87.9 cm³/mol. The van der Waals surface area contributed by atoms with Crippen molar-refractivity contribution in [3.63, 3.8) is 0 Å². The van der Waals surface area contributed by atoms with Crippen molar-refractivity contribution in [1.29, 1.82) is 0 Å². The van der Waals surface area contributed by atoms with E-state index >= 15 is 0 Å². The van der Waals surface area contributed by atoms with Crippen LogP contribution in [-0.2, 0) is 6.54 Å². The third-order valence-electron chi connectivity index (χ3n) is 2.54. The summed E-state index contributed by atoms with van der Waals surface area (Å²) in [5, 5.41) is 3.39. The Morgan fingerprint density at radius 1 is 1.15 bits per heavy atom. The lowest BCUT2D eigenvalue weighted by molar-refractivity contribution is 0.419. The molecule has 4 nitrogen and oxygen atoms in total. The molecule has 0 aliphatic carbocycles. The van der Waals surface area contributed by atoms with Gasteiger partial charge >= 0.3 is 6.01 Å². The zero-order valence-electron chi connectivity index (χ0n) is 11.9. The molecule has 1 aromatic heterocycles. The van der Waals surface area contributed by atoms with Gasteiger partial charge in [0.2, 0.25) is 0 Å². The molecule has 0 atom stereocenters. The summed E-state index contributed by atoms with van der Waals surface area (Å²) in [4.78, 5) is 8.48. The summed E-state index contributed by atoms with van der Waals surface area (Å²) >= 11 is 2.23. The molecule has 0 amide bonds. The van der Waals surface area contributed by atoms with E-state index < -0.39 is 0 Å². The molecule has 0 saturated carbocycles. The number of hydrogen-bond acceptors (Lipinski definition) is 4. The first-order valence-corrected chi connectivity index (χ1v) is 7.50. The number of rotatable bonds is 4. The average molecular weight is 383 g/mol. The molecule has 0 aliphatic rings. The van der Waals surface area contributed by atoms with Crippen LogP contribution in [0.5, 0.6) is 11.8 Å². The summed E-state index contributed by atoms with van der Waals surface area (Å²) in [7, 11) is 0. The van der Waals surface area contributed by atoms with Crippen LogP contribution in [-0.4, -0.2) is 15.5 Å². The maximum absolute atomic E-state index is 5.66. The standard InChI is InChI=1S/C15H18IN3O/c1-15(2,3)19-10-11-8-17-14(18-9-11)20-13-7-5-4-6-12(13)16/h4-9,19H,10H2,1-3H3. The molecule has 1 heterocycles. The Kier molecular flexibility index (Phi) is 4.93. The van der Waals surface area contributed by atoms with Gasteiger partial charge < -0.3 is 10.1 Å². The van der Waals surface area contributed by atoms with Crippen molar-refractivity contribution < 1.29 is 4.74 Å². The van der Waals surface area contributed by atoms with Crippen LogP contribution < -0.4 is 10.1 Å². The van der Waals surface area contributed by atoms with Crippen LogP contribution >= 0.6 is 22.6 Å². The van der Waals surface area contributed by atoms with Crippen LogP contribution in [0.1, 0.15) is 26.3 Å². The summed E-state index contributed by atoms with van der Waals surface area (Å²) in [5.74, 6) is 0.772. The molecular weight excluding hydrogens is 365 g/mol. The zero-order chi connectivity index (χ0) is 14.6. The van der Waals surface area contributed by atoms with E-state index in [2.05, 4.69) is 58.6 Å². The first kappa shape index (κ1) is 15.2. The van der Waals surface area contributed by atoms with E-state index in [-0.39, 0.29) is 5.54 Å². The minimum Gasteiger partial charge on any atom is -0.423 e. The highest BCUT2D eigenvalue weighted by molar-refractivity contribution is 14.1. The monoisotopic (exact) mass is 383 g/mol. The highest BCUT2D eigenvalue weighted by atomic mass is 127. The van der Waals surface area contributed by atoms with Gasteiger partial charge in [-0.15, -0.1) is 0 Å². The highest BCUT2D eigenvalue weighted by Gasteiger charge is 2.09. The molecule has 5 heteroatoms. The molecule has 2 rings (SSSR count). The minimum absolute atomic E-state index is 0.0787. The van der Waals surface area contributed by atoms with Crippen molar-refractivity contribution in [2.75, 3.05) is 0 Å². The highest BCUT2D eigenvalue weighted by Crippen LogP contribution is 2.23. The van der Waals surface area contributed by atoms with Gasteiger partial charge in [0.05, 0.1) is 3.57 Å². The van der Waals surface area contributed by atoms with Gasteiger partial charge in [0, 0.05) is 30.0 Å². The smallest absolute Gasteiger partial charge is 0.321 e. The molecule has 0 fully saturated rings. The van der Waals surface area contributed by atoms with Gasteiger partial charge in [0.15, 0.2) is 0 Å². The molecule has 0 aliphatic heterocycles. The fourth-order valence-corrected chi connectivity index (χ4v) is 1.98. The summed E-state index contributed by atoms with van der Waals surface area (Å²) < 4.78 is 6.69. The Morgan fingerprint density at radius 2 is 1.80 bits per heavy atom. The minimum atomic E-state index is 0.0787. The van der Waals surface area contributed by atoms with Gasteiger partial charge in [0.25, 0.3) is 0 Å². The summed E-state index contributed by atoms with van der Waals surface area (Å²) in [5.41, 5.74) is 1.12. The number of nitrogens with one attached hydrogen (secondary N) is 1. The fraction of sp³-hybridized carbons (Fsp3) is 0.333. The van der Waals surface area contributed by atoms with E-state index in [0.717, 1.165) is 21.4 Å². The van der Waals surface area contributed by atoms with Crippen molar-refractivity contribution in [3.05, 3.63) is 45.8 Å². The average Bonchev–Trinajstić information content (AvgIpc) is 2.40. The van der Waals surface area contributed by atoms with Crippen LogP contribution in [0.4, 0.5) is 0 Å². The van der Waals surface area contributed by atoms with E-state index in [9.17, 15) is 0 Å². The second-order valence-electron chi connectivity index (χ2n) is 5.51. The molecule has 0 bridgehead atoms. The molecule has 1 aromatic carbocycles. The number of halogens is 1. The lowest BCUT2D eigenvalue weighted by Gasteiger charge is -2.20. The Bertz CT molecular complexity index is 564. The Hall–Kier alpha value is -1.21. The van der Waals surface area contributed by atoms with Gasteiger partial charge in [0.1, 0.15) is 5.75 Å². The molecule has 1 N–H and O–H groups in total. The van der Waals surface area contributed by atoms with Gasteiger partial charge in [-0.05, 0) is 55.5 Å². The SMILES string of the molecule is CC(C)(C)NCc1cnc(Oc2ccccc2I)nc1. The van der Waals surface area contributed by atoms with E-state index in [1.54, 1.807) is 12.4 Å². The molecular formula is C15H18IN3O. The molecule has 0 radical (unpaired) electrons. The van der Waals surface area contributed by atoms with Gasteiger partial charge in [-0.2, -0.15) is 0 Å². The number of benzene rings is 1. The molecule has 0 unspecified atom stereocenters. The maximum Gasteiger partial charge on any atom is 0.321 e. The second kappa shape index (κ2) is 6.49. The van der Waals surface area contributed by atoms with Crippen LogP contribution in [0.25, 0.3) is 0 Å². The first-order chi connectivity index (χ1) is 9.44. The quantitative estimate of drug-likeness (QED) is 0.817. The second-order valence-corrected chi connectivity index (χ2v) is 6.67. The van der Waals surface area contributed by atoms with Crippen LogP contribution in [0.15, 0.2) is 36.7 Å². The van der Waals surface area contributed by atoms with Crippen molar-refractivity contribution in [2.45, 2.75) is 32.9 Å². The number of aromatic nitrogens is 2. The number of ether oxygens (including phenoxy) is 1. The summed E-state index contributed by atoms with van der Waals surface area (Å²) in [6.07, 6.45) is 3.58. The topological polar surface area (TPSA) is 47.0 Å². The molecule has 106 valence electrons. The van der Waals surface area contributed by atoms with Crippen molar-refractivity contribution in [2.24, 2.45) is 0 Å². The number of nitrogens with zero attached hydrogens (tertiary/aromatic N) is 2. The molecule has 20 heavy (non-hydrogen) atoms. The van der Waals surface area contributed by atoms with E-state index in [1.165, 1.54) is 0 Å². The molecule has 0 spiro atoms. The zero-order valence-corrected chi connectivity index (χ0v) is 14.0.